The van der Waals surface area contributed by atoms with E-state index in [9.17, 15) is 9.59 Å². The molecule has 1 atom stereocenters. The Hall–Kier alpha value is -1.59. The number of nitrogens with zero attached hydrogens (tertiary/aromatic N) is 1. The summed E-state index contributed by atoms with van der Waals surface area (Å²) in [6.45, 7) is 3.85. The fraction of sp³-hybridized carbons (Fsp3) is 0.556. The Morgan fingerprint density at radius 1 is 1.25 bits per heavy atom. The summed E-state index contributed by atoms with van der Waals surface area (Å²) in [6.07, 6.45) is 2.86. The van der Waals surface area contributed by atoms with E-state index in [1.807, 2.05) is 24.0 Å². The van der Waals surface area contributed by atoms with Crippen LogP contribution in [-0.4, -0.2) is 42.5 Å². The van der Waals surface area contributed by atoms with Crippen molar-refractivity contribution in [1.82, 2.24) is 4.90 Å². The van der Waals surface area contributed by atoms with E-state index in [-0.39, 0.29) is 23.8 Å². The summed E-state index contributed by atoms with van der Waals surface area (Å²) in [5.41, 5.74) is 1.74. The number of piperidine rings is 1. The zero-order valence-electron chi connectivity index (χ0n) is 13.9. The van der Waals surface area contributed by atoms with E-state index in [2.05, 4.69) is 5.32 Å². The first-order valence-electron chi connectivity index (χ1n) is 8.52. The predicted molar refractivity (Wildman–Crippen MR) is 93.1 cm³/mol. The molecule has 1 aromatic rings. The highest BCUT2D eigenvalue weighted by Crippen LogP contribution is 2.25. The molecule has 5 nitrogen and oxygen atoms in total. The molecule has 2 amide bonds. The molecule has 1 unspecified atom stereocenters. The van der Waals surface area contributed by atoms with Crippen LogP contribution < -0.4 is 5.32 Å². The SMILES string of the molecule is Cc1ccc(Cl)cc1NC(=O)C1CCN(C(=O)C2CCCO2)CC1. The molecule has 2 aliphatic heterocycles. The van der Waals surface area contributed by atoms with Gasteiger partial charge in [0, 0.05) is 36.3 Å². The second kappa shape index (κ2) is 7.53. The molecule has 0 bridgehead atoms. The summed E-state index contributed by atoms with van der Waals surface area (Å²) >= 11 is 5.99. The van der Waals surface area contributed by atoms with Crippen molar-refractivity contribution in [2.75, 3.05) is 25.0 Å². The lowest BCUT2D eigenvalue weighted by molar-refractivity contribution is -0.143. The first-order valence-corrected chi connectivity index (χ1v) is 8.90. The first-order chi connectivity index (χ1) is 11.5. The number of carbonyl (C=O) groups excluding carboxylic acids is 2. The Kier molecular flexibility index (Phi) is 5.41. The zero-order valence-corrected chi connectivity index (χ0v) is 14.6. The highest BCUT2D eigenvalue weighted by atomic mass is 35.5. The number of carbonyl (C=O) groups is 2. The Morgan fingerprint density at radius 3 is 2.67 bits per heavy atom. The summed E-state index contributed by atoms with van der Waals surface area (Å²) in [5.74, 6) is 0.0125. The predicted octanol–water partition coefficient (Wildman–Crippen LogP) is 3.00. The number of ether oxygens (including phenoxy) is 1. The normalized spacial score (nSPS) is 21.8. The van der Waals surface area contributed by atoms with Crippen LogP contribution in [0.25, 0.3) is 0 Å². The number of benzene rings is 1. The second-order valence-electron chi connectivity index (χ2n) is 6.55. The molecule has 2 saturated heterocycles. The van der Waals surface area contributed by atoms with E-state index in [0.717, 1.165) is 24.1 Å². The minimum Gasteiger partial charge on any atom is -0.368 e. The van der Waals surface area contributed by atoms with Gasteiger partial charge in [-0.15, -0.1) is 0 Å². The minimum absolute atomic E-state index is 0.00424. The monoisotopic (exact) mass is 350 g/mol. The van der Waals surface area contributed by atoms with Crippen LogP contribution in [0.4, 0.5) is 5.69 Å². The second-order valence-corrected chi connectivity index (χ2v) is 6.99. The van der Waals surface area contributed by atoms with Crippen molar-refractivity contribution in [2.24, 2.45) is 5.92 Å². The van der Waals surface area contributed by atoms with Crippen LogP contribution in [0.5, 0.6) is 0 Å². The van der Waals surface area contributed by atoms with E-state index in [1.54, 1.807) is 6.07 Å². The van der Waals surface area contributed by atoms with Gasteiger partial charge in [0.25, 0.3) is 5.91 Å². The molecule has 0 aliphatic carbocycles. The number of rotatable bonds is 3. The number of amides is 2. The van der Waals surface area contributed by atoms with E-state index in [4.69, 9.17) is 16.3 Å². The van der Waals surface area contributed by atoms with Crippen molar-refractivity contribution in [3.63, 3.8) is 0 Å². The first kappa shape index (κ1) is 17.2. The highest BCUT2D eigenvalue weighted by Gasteiger charge is 2.32. The smallest absolute Gasteiger partial charge is 0.251 e. The van der Waals surface area contributed by atoms with Crippen LogP contribution in [0.2, 0.25) is 5.02 Å². The van der Waals surface area contributed by atoms with E-state index in [1.165, 1.54) is 0 Å². The fourth-order valence-corrected chi connectivity index (χ4v) is 3.47. The van der Waals surface area contributed by atoms with Crippen LogP contribution in [-0.2, 0) is 14.3 Å². The third-order valence-corrected chi connectivity index (χ3v) is 5.08. The van der Waals surface area contributed by atoms with Crippen molar-refractivity contribution < 1.29 is 14.3 Å². The molecular weight excluding hydrogens is 328 g/mol. The van der Waals surface area contributed by atoms with E-state index >= 15 is 0 Å². The summed E-state index contributed by atoms with van der Waals surface area (Å²) < 4.78 is 5.46. The van der Waals surface area contributed by atoms with Gasteiger partial charge in [-0.1, -0.05) is 17.7 Å². The summed E-state index contributed by atoms with van der Waals surface area (Å²) in [4.78, 5) is 26.7. The lowest BCUT2D eigenvalue weighted by Crippen LogP contribution is -2.45. The maximum atomic E-state index is 12.5. The molecular formula is C18H23ClN2O3. The number of nitrogens with one attached hydrogen (secondary N) is 1. The molecule has 130 valence electrons. The molecule has 0 saturated carbocycles. The van der Waals surface area contributed by atoms with Crippen LogP contribution >= 0.6 is 11.6 Å². The van der Waals surface area contributed by atoms with Gasteiger partial charge in [-0.05, 0) is 50.3 Å². The number of aryl methyl sites for hydroxylation is 1. The van der Waals surface area contributed by atoms with Gasteiger partial charge in [0.05, 0.1) is 0 Å². The van der Waals surface area contributed by atoms with Crippen LogP contribution in [0, 0.1) is 12.8 Å². The van der Waals surface area contributed by atoms with Crippen LogP contribution in [0.1, 0.15) is 31.2 Å². The summed E-state index contributed by atoms with van der Waals surface area (Å²) in [5, 5.41) is 3.57. The largest absolute Gasteiger partial charge is 0.368 e. The third kappa shape index (κ3) is 3.90. The Balaban J connectivity index is 1.53. The third-order valence-electron chi connectivity index (χ3n) is 4.84. The maximum absolute atomic E-state index is 12.5. The molecule has 0 aromatic heterocycles. The van der Waals surface area contributed by atoms with Gasteiger partial charge >= 0.3 is 0 Å². The Morgan fingerprint density at radius 2 is 2.00 bits per heavy atom. The van der Waals surface area contributed by atoms with Crippen molar-refractivity contribution in [2.45, 2.75) is 38.7 Å². The van der Waals surface area contributed by atoms with E-state index in [0.29, 0.717) is 37.6 Å². The van der Waals surface area contributed by atoms with Crippen molar-refractivity contribution >= 4 is 29.1 Å². The van der Waals surface area contributed by atoms with Crippen LogP contribution in [0.3, 0.4) is 0 Å². The molecule has 3 rings (SSSR count). The molecule has 0 spiro atoms. The zero-order chi connectivity index (χ0) is 17.1. The topological polar surface area (TPSA) is 58.6 Å². The maximum Gasteiger partial charge on any atom is 0.251 e. The molecule has 2 aliphatic rings. The average molecular weight is 351 g/mol. The van der Waals surface area contributed by atoms with Gasteiger partial charge in [0.1, 0.15) is 6.10 Å². The lowest BCUT2D eigenvalue weighted by Gasteiger charge is -2.32. The van der Waals surface area contributed by atoms with Gasteiger partial charge in [-0.2, -0.15) is 0 Å². The molecule has 24 heavy (non-hydrogen) atoms. The fourth-order valence-electron chi connectivity index (χ4n) is 3.30. The van der Waals surface area contributed by atoms with Gasteiger partial charge < -0.3 is 15.0 Å². The number of hydrogen-bond donors (Lipinski definition) is 1. The minimum atomic E-state index is -0.274. The van der Waals surface area contributed by atoms with Crippen molar-refractivity contribution in [3.8, 4) is 0 Å². The van der Waals surface area contributed by atoms with Gasteiger partial charge in [-0.3, -0.25) is 9.59 Å². The number of hydrogen-bond acceptors (Lipinski definition) is 3. The summed E-state index contributed by atoms with van der Waals surface area (Å²) in [7, 11) is 0. The Labute approximate surface area is 147 Å². The molecule has 2 fully saturated rings. The summed E-state index contributed by atoms with van der Waals surface area (Å²) in [6, 6.07) is 5.47. The van der Waals surface area contributed by atoms with E-state index < -0.39 is 0 Å². The van der Waals surface area contributed by atoms with Crippen LogP contribution in [0.15, 0.2) is 18.2 Å². The number of anilines is 1. The molecule has 1 aromatic carbocycles. The van der Waals surface area contributed by atoms with Gasteiger partial charge in [0.2, 0.25) is 5.91 Å². The Bertz CT molecular complexity index is 621. The number of halogens is 1. The average Bonchev–Trinajstić information content (AvgIpc) is 3.12. The standard InChI is InChI=1S/C18H23ClN2O3/c1-12-4-5-14(19)11-15(12)20-17(22)13-6-8-21(9-7-13)18(23)16-3-2-10-24-16/h4-5,11,13,16H,2-3,6-10H2,1H3,(H,20,22). The molecule has 2 heterocycles. The number of likely N-dealkylation sites (tertiary alicyclic amines) is 1. The van der Waals surface area contributed by atoms with Crippen molar-refractivity contribution in [3.05, 3.63) is 28.8 Å². The molecule has 1 N–H and O–H groups in total. The van der Waals surface area contributed by atoms with Gasteiger partial charge in [0.15, 0.2) is 0 Å². The lowest BCUT2D eigenvalue weighted by atomic mass is 9.95. The van der Waals surface area contributed by atoms with Gasteiger partial charge in [-0.25, -0.2) is 0 Å². The molecule has 6 heteroatoms. The molecule has 0 radical (unpaired) electrons. The van der Waals surface area contributed by atoms with Crippen molar-refractivity contribution in [1.29, 1.82) is 0 Å². The quantitative estimate of drug-likeness (QED) is 0.911. The highest BCUT2D eigenvalue weighted by molar-refractivity contribution is 6.31.